The van der Waals surface area contributed by atoms with Gasteiger partial charge in [-0.05, 0) is 38.8 Å². The van der Waals surface area contributed by atoms with Crippen molar-refractivity contribution in [3.63, 3.8) is 0 Å². The van der Waals surface area contributed by atoms with Crippen LogP contribution in [0.4, 0.5) is 0 Å². The van der Waals surface area contributed by atoms with Gasteiger partial charge in [-0.15, -0.1) is 24.8 Å². The molecule has 0 aliphatic carbocycles. The van der Waals surface area contributed by atoms with E-state index in [9.17, 15) is 4.79 Å². The van der Waals surface area contributed by atoms with Crippen LogP contribution >= 0.6 is 36.6 Å². The molecule has 1 heterocycles. The predicted molar refractivity (Wildman–Crippen MR) is 103 cm³/mol. The Morgan fingerprint density at radius 2 is 1.82 bits per heavy atom. The van der Waals surface area contributed by atoms with E-state index in [0.29, 0.717) is 17.6 Å². The Hall–Kier alpha value is 0.320. The van der Waals surface area contributed by atoms with Gasteiger partial charge in [0, 0.05) is 31.4 Å². The van der Waals surface area contributed by atoms with Crippen LogP contribution in [0.2, 0.25) is 0 Å². The highest BCUT2D eigenvalue weighted by Gasteiger charge is 2.24. The number of hydrogen-bond donors (Lipinski definition) is 1. The number of rotatable bonds is 8. The van der Waals surface area contributed by atoms with Crippen LogP contribution in [0.25, 0.3) is 0 Å². The van der Waals surface area contributed by atoms with Crippen molar-refractivity contribution >= 4 is 42.5 Å². The summed E-state index contributed by atoms with van der Waals surface area (Å²) in [6.07, 6.45) is 2.13. The molecule has 1 aliphatic rings. The van der Waals surface area contributed by atoms with E-state index < -0.39 is 0 Å². The van der Waals surface area contributed by atoms with Gasteiger partial charge < -0.3 is 15.5 Å². The van der Waals surface area contributed by atoms with Crippen molar-refractivity contribution in [3.05, 3.63) is 0 Å². The van der Waals surface area contributed by atoms with E-state index in [1.54, 1.807) is 11.8 Å². The highest BCUT2D eigenvalue weighted by molar-refractivity contribution is 7.99. The molecule has 134 valence electrons. The van der Waals surface area contributed by atoms with Crippen molar-refractivity contribution in [3.8, 4) is 0 Å². The molecule has 1 fully saturated rings. The number of halogens is 2. The standard InChI is InChI=1S/C15H31N3OS.2ClH/c1-4-17(5-2)10-11-20-12-15(19)18-8-6-14(7-9-18)13(3)16;;/h13-14H,4-12,16H2,1-3H3;2*1H. The number of likely N-dealkylation sites (tertiary alicyclic amines) is 1. The first-order valence-corrected chi connectivity index (χ1v) is 9.07. The SMILES string of the molecule is CCN(CC)CCSCC(=O)N1CCC(C(C)N)CC1.Cl.Cl. The number of carbonyl (C=O) groups is 1. The Kier molecular flexibility index (Phi) is 15.3. The summed E-state index contributed by atoms with van der Waals surface area (Å²) in [5, 5.41) is 0. The van der Waals surface area contributed by atoms with Crippen LogP contribution in [0, 0.1) is 5.92 Å². The van der Waals surface area contributed by atoms with Crippen molar-refractivity contribution in [2.75, 3.05) is 44.2 Å². The van der Waals surface area contributed by atoms with E-state index in [4.69, 9.17) is 5.73 Å². The molecule has 0 aromatic rings. The topological polar surface area (TPSA) is 49.6 Å². The van der Waals surface area contributed by atoms with Crippen LogP contribution in [0.15, 0.2) is 0 Å². The van der Waals surface area contributed by atoms with Crippen molar-refractivity contribution in [2.24, 2.45) is 11.7 Å². The summed E-state index contributed by atoms with van der Waals surface area (Å²) in [7, 11) is 0. The van der Waals surface area contributed by atoms with Gasteiger partial charge in [-0.3, -0.25) is 4.79 Å². The molecule has 1 amide bonds. The van der Waals surface area contributed by atoms with Crippen molar-refractivity contribution in [1.82, 2.24) is 9.80 Å². The second kappa shape index (κ2) is 13.7. The van der Waals surface area contributed by atoms with E-state index in [1.807, 2.05) is 4.90 Å². The molecule has 0 radical (unpaired) electrons. The Morgan fingerprint density at radius 3 is 2.27 bits per heavy atom. The van der Waals surface area contributed by atoms with Crippen LogP contribution < -0.4 is 5.73 Å². The lowest BCUT2D eigenvalue weighted by Gasteiger charge is -2.33. The largest absolute Gasteiger partial charge is 0.342 e. The molecule has 0 saturated carbocycles. The van der Waals surface area contributed by atoms with E-state index in [2.05, 4.69) is 25.7 Å². The van der Waals surface area contributed by atoms with Gasteiger partial charge in [-0.1, -0.05) is 13.8 Å². The Balaban J connectivity index is 0. The minimum atomic E-state index is 0. The minimum absolute atomic E-state index is 0. The zero-order valence-corrected chi connectivity index (χ0v) is 16.6. The third-order valence-corrected chi connectivity index (χ3v) is 5.23. The van der Waals surface area contributed by atoms with Crippen LogP contribution in [0.1, 0.15) is 33.6 Å². The molecular weight excluding hydrogens is 341 g/mol. The average Bonchev–Trinajstić information content (AvgIpc) is 2.47. The smallest absolute Gasteiger partial charge is 0.232 e. The van der Waals surface area contributed by atoms with E-state index in [0.717, 1.165) is 51.3 Å². The van der Waals surface area contributed by atoms with Gasteiger partial charge in [-0.25, -0.2) is 0 Å². The number of hydrogen-bond acceptors (Lipinski definition) is 4. The molecule has 4 nitrogen and oxygen atoms in total. The lowest BCUT2D eigenvalue weighted by atomic mass is 9.91. The first kappa shape index (κ1) is 24.6. The number of thioether (sulfide) groups is 1. The molecule has 0 spiro atoms. The second-order valence-corrected chi connectivity index (χ2v) is 6.76. The molecule has 1 aliphatic heterocycles. The summed E-state index contributed by atoms with van der Waals surface area (Å²) in [6.45, 7) is 11.5. The first-order valence-electron chi connectivity index (χ1n) is 7.91. The number of nitrogens with zero attached hydrogens (tertiary/aromatic N) is 2. The summed E-state index contributed by atoms with van der Waals surface area (Å²) in [4.78, 5) is 16.5. The molecule has 1 unspecified atom stereocenters. The Morgan fingerprint density at radius 1 is 1.27 bits per heavy atom. The number of nitrogens with two attached hydrogens (primary N) is 1. The molecule has 22 heavy (non-hydrogen) atoms. The maximum Gasteiger partial charge on any atom is 0.232 e. The molecular formula is C15H33Cl2N3OS. The first-order chi connectivity index (χ1) is 9.58. The molecule has 0 aromatic heterocycles. The van der Waals surface area contributed by atoms with Gasteiger partial charge in [0.2, 0.25) is 5.91 Å². The molecule has 7 heteroatoms. The van der Waals surface area contributed by atoms with Crippen LogP contribution in [-0.2, 0) is 4.79 Å². The van der Waals surface area contributed by atoms with Gasteiger partial charge in [0.25, 0.3) is 0 Å². The molecule has 0 aromatic carbocycles. The van der Waals surface area contributed by atoms with Crippen LogP contribution in [0.5, 0.6) is 0 Å². The monoisotopic (exact) mass is 373 g/mol. The Bertz CT molecular complexity index is 284. The molecule has 2 N–H and O–H groups in total. The van der Waals surface area contributed by atoms with E-state index in [1.165, 1.54) is 0 Å². The third-order valence-electron chi connectivity index (χ3n) is 4.31. The minimum Gasteiger partial charge on any atom is -0.342 e. The third kappa shape index (κ3) is 8.82. The van der Waals surface area contributed by atoms with Crippen molar-refractivity contribution in [1.29, 1.82) is 0 Å². The second-order valence-electron chi connectivity index (χ2n) is 5.66. The zero-order chi connectivity index (χ0) is 15.0. The Labute approximate surface area is 152 Å². The maximum absolute atomic E-state index is 12.1. The fourth-order valence-electron chi connectivity index (χ4n) is 2.66. The molecule has 1 rings (SSSR count). The van der Waals surface area contributed by atoms with Gasteiger partial charge in [-0.2, -0.15) is 11.8 Å². The summed E-state index contributed by atoms with van der Waals surface area (Å²) >= 11 is 1.76. The quantitative estimate of drug-likeness (QED) is 0.664. The van der Waals surface area contributed by atoms with Gasteiger partial charge in [0.1, 0.15) is 0 Å². The molecule has 1 atom stereocenters. The summed E-state index contributed by atoms with van der Waals surface area (Å²) < 4.78 is 0. The maximum atomic E-state index is 12.1. The highest BCUT2D eigenvalue weighted by Crippen LogP contribution is 2.20. The van der Waals surface area contributed by atoms with E-state index in [-0.39, 0.29) is 30.9 Å². The predicted octanol–water partition coefficient (Wildman–Crippen LogP) is 2.49. The normalized spacial score (nSPS) is 16.9. The summed E-state index contributed by atoms with van der Waals surface area (Å²) in [5.41, 5.74) is 5.93. The summed E-state index contributed by atoms with van der Waals surface area (Å²) in [6, 6.07) is 0.260. The van der Waals surface area contributed by atoms with Gasteiger partial charge in [0.15, 0.2) is 0 Å². The lowest BCUT2D eigenvalue weighted by Crippen LogP contribution is -2.43. The van der Waals surface area contributed by atoms with E-state index >= 15 is 0 Å². The fourth-order valence-corrected chi connectivity index (χ4v) is 3.55. The lowest BCUT2D eigenvalue weighted by molar-refractivity contribution is -0.129. The number of carbonyl (C=O) groups excluding carboxylic acids is 1. The number of piperidine rings is 1. The fraction of sp³-hybridized carbons (Fsp3) is 0.933. The van der Waals surface area contributed by atoms with Crippen molar-refractivity contribution in [2.45, 2.75) is 39.7 Å². The molecule has 0 bridgehead atoms. The average molecular weight is 374 g/mol. The van der Waals surface area contributed by atoms with Crippen LogP contribution in [-0.4, -0.2) is 66.0 Å². The van der Waals surface area contributed by atoms with Gasteiger partial charge in [0.05, 0.1) is 5.75 Å². The molecule has 1 saturated heterocycles. The van der Waals surface area contributed by atoms with Crippen molar-refractivity contribution < 1.29 is 4.79 Å². The summed E-state index contributed by atoms with van der Waals surface area (Å²) in [5.74, 6) is 2.57. The van der Waals surface area contributed by atoms with Crippen LogP contribution in [0.3, 0.4) is 0 Å². The van der Waals surface area contributed by atoms with Gasteiger partial charge >= 0.3 is 0 Å². The zero-order valence-electron chi connectivity index (χ0n) is 14.1. The highest BCUT2D eigenvalue weighted by atomic mass is 35.5. The number of amides is 1.